The van der Waals surface area contributed by atoms with Crippen molar-refractivity contribution < 1.29 is 24.2 Å². The monoisotopic (exact) mass is 530 g/mol. The topological polar surface area (TPSA) is 121 Å². The number of likely N-dealkylation sites (tertiary alicyclic amines) is 1. The third-order valence-electron chi connectivity index (χ3n) is 6.01. The molecule has 2 aromatic rings. The van der Waals surface area contributed by atoms with Gasteiger partial charge in [0.15, 0.2) is 6.10 Å². The molecule has 0 saturated carbocycles. The highest BCUT2D eigenvalue weighted by atomic mass is 32.1. The molecule has 3 atom stereocenters. The Kier molecular flexibility index (Phi) is 8.64. The van der Waals surface area contributed by atoms with Crippen molar-refractivity contribution in [1.29, 1.82) is 0 Å². The van der Waals surface area contributed by atoms with Crippen LogP contribution in [0.1, 0.15) is 59.2 Å². The first-order chi connectivity index (χ1) is 17.2. The van der Waals surface area contributed by atoms with Crippen LogP contribution < -0.4 is 10.6 Å². The molecule has 202 valence electrons. The highest BCUT2D eigenvalue weighted by Gasteiger charge is 2.45. The molecule has 1 saturated heterocycles. The Balaban J connectivity index is 1.68. The van der Waals surface area contributed by atoms with Crippen LogP contribution in [0.5, 0.6) is 0 Å². The molecule has 1 aliphatic rings. The fourth-order valence-corrected chi connectivity index (χ4v) is 4.97. The molecule has 9 nitrogen and oxygen atoms in total. The molecule has 37 heavy (non-hydrogen) atoms. The van der Waals surface area contributed by atoms with E-state index in [4.69, 9.17) is 4.74 Å². The fourth-order valence-electron chi connectivity index (χ4n) is 4.16. The summed E-state index contributed by atoms with van der Waals surface area (Å²) in [5, 5.41) is 15.9. The number of carbonyl (C=O) groups excluding carboxylic acids is 3. The molecule has 10 heteroatoms. The molecular weight excluding hydrogens is 492 g/mol. The van der Waals surface area contributed by atoms with Gasteiger partial charge in [0.1, 0.15) is 6.04 Å². The molecule has 1 aliphatic heterocycles. The Morgan fingerprint density at radius 2 is 1.81 bits per heavy atom. The molecule has 0 bridgehead atoms. The lowest BCUT2D eigenvalue weighted by atomic mass is 9.88. The minimum Gasteiger partial charge on any atom is -0.436 e. The minimum absolute atomic E-state index is 0.00333. The maximum Gasteiger partial charge on any atom is 0.408 e. The van der Waals surface area contributed by atoms with Gasteiger partial charge in [0.25, 0.3) is 5.91 Å². The van der Waals surface area contributed by atoms with Crippen LogP contribution in [-0.4, -0.2) is 63.2 Å². The summed E-state index contributed by atoms with van der Waals surface area (Å²) in [6.07, 6.45) is -2.56. The molecule has 3 N–H and O–H groups in total. The Morgan fingerprint density at radius 1 is 1.16 bits per heavy atom. The molecule has 3 rings (SSSR count). The number of hydrogen-bond donors (Lipinski definition) is 3. The number of aliphatic hydroxyl groups is 1. The van der Waals surface area contributed by atoms with Crippen molar-refractivity contribution in [2.24, 2.45) is 5.41 Å². The van der Waals surface area contributed by atoms with Crippen molar-refractivity contribution >= 4 is 29.2 Å². The van der Waals surface area contributed by atoms with Crippen LogP contribution in [0.4, 0.5) is 4.79 Å². The molecule has 0 radical (unpaired) electrons. The van der Waals surface area contributed by atoms with Gasteiger partial charge in [0.2, 0.25) is 5.91 Å². The van der Waals surface area contributed by atoms with E-state index in [9.17, 15) is 19.5 Å². The number of alkyl carbamates (subject to hydrolysis) is 1. The predicted octanol–water partition coefficient (Wildman–Crippen LogP) is 3.64. The SMILES string of the molecule is Cc1ncsc1-c1ccc(CNC(=O)[C@@H]2C[C@@H](O)CN2C(=O)[C@@H](OC(=O)NC(C)(C)C)C(C)(C)C)cc1. The Bertz CT molecular complexity index is 1120. The number of carbonyl (C=O) groups is 3. The van der Waals surface area contributed by atoms with E-state index in [-0.39, 0.29) is 25.4 Å². The number of rotatable bonds is 6. The second-order valence-corrected chi connectivity index (χ2v) is 12.5. The second kappa shape index (κ2) is 11.2. The van der Waals surface area contributed by atoms with E-state index in [2.05, 4.69) is 15.6 Å². The van der Waals surface area contributed by atoms with Gasteiger partial charge in [0.05, 0.1) is 22.2 Å². The number of benzene rings is 1. The molecule has 3 amide bonds. The Hall–Kier alpha value is -2.98. The van der Waals surface area contributed by atoms with E-state index in [1.165, 1.54) is 4.90 Å². The fraction of sp³-hybridized carbons (Fsp3) is 0.556. The molecule has 1 aromatic heterocycles. The van der Waals surface area contributed by atoms with Crippen LogP contribution in [0, 0.1) is 12.3 Å². The summed E-state index contributed by atoms with van der Waals surface area (Å²) in [4.78, 5) is 45.8. The van der Waals surface area contributed by atoms with Crippen molar-refractivity contribution in [1.82, 2.24) is 20.5 Å². The Labute approximate surface area is 222 Å². The normalized spacial score (nSPS) is 18.9. The quantitative estimate of drug-likeness (QED) is 0.525. The summed E-state index contributed by atoms with van der Waals surface area (Å²) < 4.78 is 5.55. The lowest BCUT2D eigenvalue weighted by Gasteiger charge is -2.35. The first kappa shape index (κ1) is 28.6. The first-order valence-corrected chi connectivity index (χ1v) is 13.3. The van der Waals surface area contributed by atoms with Crippen LogP contribution in [-0.2, 0) is 20.9 Å². The standard InChI is InChI=1S/C27H38N4O5S/c1-16-21(37-15-29-16)18-10-8-17(9-11-18)13-28-23(33)20-12-19(32)14-31(20)24(34)22(26(2,3)4)36-25(35)30-27(5,6)7/h8-11,15,19-20,22,32H,12-14H2,1-7H3,(H,28,33)(H,30,35)/t19-,20+,22-/m1/s1. The van der Waals surface area contributed by atoms with E-state index in [0.29, 0.717) is 0 Å². The Morgan fingerprint density at radius 3 is 2.35 bits per heavy atom. The number of aliphatic hydroxyl groups excluding tert-OH is 1. The third kappa shape index (κ3) is 7.52. The zero-order valence-electron chi connectivity index (χ0n) is 22.6. The van der Waals surface area contributed by atoms with E-state index in [0.717, 1.165) is 21.7 Å². The number of thiazole rings is 1. The van der Waals surface area contributed by atoms with Crippen molar-refractivity contribution in [2.45, 2.75) is 85.2 Å². The molecule has 1 aromatic carbocycles. The third-order valence-corrected chi connectivity index (χ3v) is 6.98. The second-order valence-electron chi connectivity index (χ2n) is 11.6. The van der Waals surface area contributed by atoms with Gasteiger partial charge in [-0.25, -0.2) is 9.78 Å². The van der Waals surface area contributed by atoms with Crippen molar-refractivity contribution in [2.75, 3.05) is 6.54 Å². The maximum absolute atomic E-state index is 13.5. The molecule has 1 fully saturated rings. The van der Waals surface area contributed by atoms with Gasteiger partial charge in [0, 0.05) is 30.5 Å². The van der Waals surface area contributed by atoms with Crippen molar-refractivity contribution in [3.63, 3.8) is 0 Å². The maximum atomic E-state index is 13.5. The number of β-amino-alcohol motifs (C(OH)–C–C–N with tert-alkyl or cyclic N) is 1. The van der Waals surface area contributed by atoms with Crippen molar-refractivity contribution in [3.05, 3.63) is 41.0 Å². The summed E-state index contributed by atoms with van der Waals surface area (Å²) in [5.41, 5.74) is 3.50. The van der Waals surface area contributed by atoms with Gasteiger partial charge in [-0.3, -0.25) is 9.59 Å². The largest absolute Gasteiger partial charge is 0.436 e. The van der Waals surface area contributed by atoms with Gasteiger partial charge in [-0.15, -0.1) is 11.3 Å². The van der Waals surface area contributed by atoms with Gasteiger partial charge >= 0.3 is 6.09 Å². The number of aryl methyl sites for hydroxylation is 1. The van der Waals surface area contributed by atoms with Crippen LogP contribution >= 0.6 is 11.3 Å². The highest BCUT2D eigenvalue weighted by Crippen LogP contribution is 2.29. The number of nitrogens with zero attached hydrogens (tertiary/aromatic N) is 2. The van der Waals surface area contributed by atoms with Crippen LogP contribution in [0.15, 0.2) is 29.8 Å². The molecular formula is C27H38N4O5S. The zero-order chi connectivity index (χ0) is 27.5. The first-order valence-electron chi connectivity index (χ1n) is 12.4. The number of ether oxygens (including phenoxy) is 1. The highest BCUT2D eigenvalue weighted by molar-refractivity contribution is 7.13. The van der Waals surface area contributed by atoms with Gasteiger partial charge in [-0.05, 0) is 38.8 Å². The molecule has 0 spiro atoms. The number of hydrogen-bond acceptors (Lipinski definition) is 7. The molecule has 0 aliphatic carbocycles. The molecule has 2 heterocycles. The number of nitrogens with one attached hydrogen (secondary N) is 2. The summed E-state index contributed by atoms with van der Waals surface area (Å²) >= 11 is 1.58. The number of amides is 3. The van der Waals surface area contributed by atoms with Gasteiger partial charge < -0.3 is 25.4 Å². The number of aromatic nitrogens is 1. The van der Waals surface area contributed by atoms with E-state index < -0.39 is 41.2 Å². The predicted molar refractivity (Wildman–Crippen MR) is 143 cm³/mol. The lowest BCUT2D eigenvalue weighted by Crippen LogP contribution is -2.54. The average Bonchev–Trinajstić information content (AvgIpc) is 3.39. The summed E-state index contributed by atoms with van der Waals surface area (Å²) in [6, 6.07) is 7.01. The zero-order valence-corrected chi connectivity index (χ0v) is 23.4. The van der Waals surface area contributed by atoms with Crippen molar-refractivity contribution in [3.8, 4) is 10.4 Å². The van der Waals surface area contributed by atoms with E-state index in [1.54, 1.807) is 32.1 Å². The summed E-state index contributed by atoms with van der Waals surface area (Å²) in [6.45, 7) is 13.1. The molecule has 0 unspecified atom stereocenters. The van der Waals surface area contributed by atoms with Gasteiger partial charge in [-0.1, -0.05) is 45.0 Å². The smallest absolute Gasteiger partial charge is 0.408 e. The average molecular weight is 531 g/mol. The van der Waals surface area contributed by atoms with E-state index in [1.807, 2.05) is 57.5 Å². The lowest BCUT2D eigenvalue weighted by molar-refractivity contribution is -0.150. The van der Waals surface area contributed by atoms with Crippen LogP contribution in [0.3, 0.4) is 0 Å². The summed E-state index contributed by atoms with van der Waals surface area (Å²) in [5.74, 6) is -0.864. The van der Waals surface area contributed by atoms with Crippen LogP contribution in [0.25, 0.3) is 10.4 Å². The van der Waals surface area contributed by atoms with E-state index >= 15 is 0 Å². The van der Waals surface area contributed by atoms with Gasteiger partial charge in [-0.2, -0.15) is 0 Å². The summed E-state index contributed by atoms with van der Waals surface area (Å²) in [7, 11) is 0. The van der Waals surface area contributed by atoms with Crippen LogP contribution in [0.2, 0.25) is 0 Å². The minimum atomic E-state index is -1.13.